The molecule has 0 amide bonds. The van der Waals surface area contributed by atoms with Gasteiger partial charge in [-0.15, -0.1) is 0 Å². The molecule has 2 nitrogen and oxygen atoms in total. The summed E-state index contributed by atoms with van der Waals surface area (Å²) in [5.74, 6) is 1.28. The summed E-state index contributed by atoms with van der Waals surface area (Å²) in [6, 6.07) is 1.21. The quantitative estimate of drug-likeness (QED) is 0.715. The van der Waals surface area contributed by atoms with Gasteiger partial charge in [0.25, 0.3) is 0 Å². The summed E-state index contributed by atoms with van der Waals surface area (Å²) in [7, 11) is 0. The van der Waals surface area contributed by atoms with E-state index in [9.17, 15) is 0 Å². The zero-order chi connectivity index (χ0) is 11.6. The molecule has 0 aromatic rings. The molecule has 1 fully saturated rings. The summed E-state index contributed by atoms with van der Waals surface area (Å²) in [6.45, 7) is 15.7. The predicted octanol–water partition coefficient (Wildman–Crippen LogP) is 2.78. The lowest BCUT2D eigenvalue weighted by atomic mass is 9.88. The number of hydrogen-bond donors (Lipinski definition) is 0. The Morgan fingerprint density at radius 1 is 1.00 bits per heavy atom. The van der Waals surface area contributed by atoms with Crippen molar-refractivity contribution in [2.75, 3.05) is 13.2 Å². The van der Waals surface area contributed by atoms with Gasteiger partial charge in [-0.3, -0.25) is 4.90 Å². The average molecular weight is 213 g/mol. The Bertz CT molecular complexity index is 173. The number of morpholine rings is 1. The van der Waals surface area contributed by atoms with Gasteiger partial charge in [-0.2, -0.15) is 0 Å². The van der Waals surface area contributed by atoms with Crippen LogP contribution in [0.3, 0.4) is 0 Å². The van der Waals surface area contributed by atoms with Crippen LogP contribution in [-0.2, 0) is 4.74 Å². The van der Waals surface area contributed by atoms with E-state index in [4.69, 9.17) is 4.74 Å². The second kappa shape index (κ2) is 5.31. The van der Waals surface area contributed by atoms with Crippen LogP contribution in [0.4, 0.5) is 0 Å². The Balaban J connectivity index is 2.80. The van der Waals surface area contributed by atoms with Gasteiger partial charge in [0.15, 0.2) is 0 Å². The molecule has 0 radical (unpaired) electrons. The largest absolute Gasteiger partial charge is 0.375 e. The molecule has 1 rings (SSSR count). The van der Waals surface area contributed by atoms with Crippen LogP contribution in [0.1, 0.15) is 41.5 Å². The van der Waals surface area contributed by atoms with Gasteiger partial charge >= 0.3 is 0 Å². The molecular weight excluding hydrogens is 186 g/mol. The van der Waals surface area contributed by atoms with Crippen molar-refractivity contribution in [2.45, 2.75) is 59.7 Å². The van der Waals surface area contributed by atoms with Crippen LogP contribution in [0.15, 0.2) is 0 Å². The van der Waals surface area contributed by atoms with E-state index in [2.05, 4.69) is 46.4 Å². The Labute approximate surface area is 95.0 Å². The molecule has 0 saturated carbocycles. The van der Waals surface area contributed by atoms with Crippen molar-refractivity contribution in [1.82, 2.24) is 4.90 Å². The molecule has 2 unspecified atom stereocenters. The standard InChI is InChI=1S/C13H27NO/c1-9(2)12-13(10(3)4)15-8-7-14(12)11(5)6/h9-13H,7-8H2,1-6H3. The van der Waals surface area contributed by atoms with Crippen molar-refractivity contribution in [3.05, 3.63) is 0 Å². The molecule has 1 aliphatic rings. The van der Waals surface area contributed by atoms with Crippen LogP contribution in [0.2, 0.25) is 0 Å². The lowest BCUT2D eigenvalue weighted by Crippen LogP contribution is -2.57. The van der Waals surface area contributed by atoms with Crippen LogP contribution >= 0.6 is 0 Å². The highest BCUT2D eigenvalue weighted by atomic mass is 16.5. The van der Waals surface area contributed by atoms with Gasteiger partial charge in [0.05, 0.1) is 12.7 Å². The van der Waals surface area contributed by atoms with Crippen molar-refractivity contribution in [1.29, 1.82) is 0 Å². The van der Waals surface area contributed by atoms with Crippen molar-refractivity contribution >= 4 is 0 Å². The first-order valence-corrected chi connectivity index (χ1v) is 6.32. The monoisotopic (exact) mass is 213 g/mol. The molecule has 0 bridgehead atoms. The van der Waals surface area contributed by atoms with Crippen LogP contribution in [0, 0.1) is 11.8 Å². The zero-order valence-electron chi connectivity index (χ0n) is 11.2. The maximum absolute atomic E-state index is 5.95. The molecule has 0 aromatic heterocycles. The Hall–Kier alpha value is -0.0800. The van der Waals surface area contributed by atoms with Gasteiger partial charge in [0.2, 0.25) is 0 Å². The third kappa shape index (κ3) is 2.94. The first kappa shape index (κ1) is 13.0. The SMILES string of the molecule is CC(C)C1OCCN(C(C)C)C1C(C)C. The highest BCUT2D eigenvalue weighted by Crippen LogP contribution is 2.27. The lowest BCUT2D eigenvalue weighted by molar-refractivity contribution is -0.114. The molecule has 1 saturated heterocycles. The molecule has 90 valence electrons. The van der Waals surface area contributed by atoms with Crippen molar-refractivity contribution in [2.24, 2.45) is 11.8 Å². The first-order valence-electron chi connectivity index (χ1n) is 6.32. The third-order valence-corrected chi connectivity index (χ3v) is 3.38. The van der Waals surface area contributed by atoms with Crippen LogP contribution in [0.25, 0.3) is 0 Å². The lowest BCUT2D eigenvalue weighted by Gasteiger charge is -2.47. The predicted molar refractivity (Wildman–Crippen MR) is 65.0 cm³/mol. The highest BCUT2D eigenvalue weighted by Gasteiger charge is 2.36. The summed E-state index contributed by atoms with van der Waals surface area (Å²) < 4.78 is 5.95. The van der Waals surface area contributed by atoms with E-state index < -0.39 is 0 Å². The van der Waals surface area contributed by atoms with Crippen LogP contribution < -0.4 is 0 Å². The number of hydrogen-bond acceptors (Lipinski definition) is 2. The van der Waals surface area contributed by atoms with E-state index in [0.717, 1.165) is 13.2 Å². The smallest absolute Gasteiger partial charge is 0.0756 e. The van der Waals surface area contributed by atoms with Crippen molar-refractivity contribution in [3.63, 3.8) is 0 Å². The average Bonchev–Trinajstić information content (AvgIpc) is 2.16. The second-order valence-electron chi connectivity index (χ2n) is 5.65. The highest BCUT2D eigenvalue weighted by molar-refractivity contribution is 4.89. The Kier molecular flexibility index (Phi) is 4.60. The van der Waals surface area contributed by atoms with Gasteiger partial charge in [-0.25, -0.2) is 0 Å². The fourth-order valence-electron chi connectivity index (χ4n) is 2.68. The maximum Gasteiger partial charge on any atom is 0.0756 e. The van der Waals surface area contributed by atoms with E-state index in [-0.39, 0.29) is 0 Å². The molecule has 0 N–H and O–H groups in total. The topological polar surface area (TPSA) is 12.5 Å². The summed E-state index contributed by atoms with van der Waals surface area (Å²) in [4.78, 5) is 2.61. The van der Waals surface area contributed by atoms with Gasteiger partial charge < -0.3 is 4.74 Å². The molecule has 2 atom stereocenters. The molecule has 2 heteroatoms. The van der Waals surface area contributed by atoms with E-state index >= 15 is 0 Å². The molecule has 15 heavy (non-hydrogen) atoms. The second-order valence-corrected chi connectivity index (χ2v) is 5.65. The minimum atomic E-state index is 0.404. The molecule has 1 heterocycles. The maximum atomic E-state index is 5.95. The number of ether oxygens (including phenoxy) is 1. The van der Waals surface area contributed by atoms with E-state index in [1.54, 1.807) is 0 Å². The molecule has 1 aliphatic heterocycles. The summed E-state index contributed by atoms with van der Waals surface area (Å²) in [5, 5.41) is 0. The first-order chi connectivity index (χ1) is 6.95. The minimum Gasteiger partial charge on any atom is -0.375 e. The summed E-state index contributed by atoms with van der Waals surface area (Å²) >= 11 is 0. The van der Waals surface area contributed by atoms with Gasteiger partial charge in [-0.1, -0.05) is 27.7 Å². The number of nitrogens with zero attached hydrogens (tertiary/aromatic N) is 1. The van der Waals surface area contributed by atoms with E-state index in [0.29, 0.717) is 30.0 Å². The minimum absolute atomic E-state index is 0.404. The van der Waals surface area contributed by atoms with Crippen molar-refractivity contribution < 1.29 is 4.74 Å². The molecular formula is C13H27NO. The van der Waals surface area contributed by atoms with Gasteiger partial charge in [0, 0.05) is 18.6 Å². The van der Waals surface area contributed by atoms with Gasteiger partial charge in [0.1, 0.15) is 0 Å². The zero-order valence-corrected chi connectivity index (χ0v) is 11.2. The fourth-order valence-corrected chi connectivity index (χ4v) is 2.68. The number of rotatable bonds is 3. The van der Waals surface area contributed by atoms with E-state index in [1.165, 1.54) is 0 Å². The van der Waals surface area contributed by atoms with E-state index in [1.807, 2.05) is 0 Å². The molecule has 0 spiro atoms. The fraction of sp³-hybridized carbons (Fsp3) is 1.00. The normalized spacial score (nSPS) is 29.4. The summed E-state index contributed by atoms with van der Waals surface area (Å²) in [5.41, 5.74) is 0. The van der Waals surface area contributed by atoms with Crippen LogP contribution in [-0.4, -0.2) is 36.2 Å². The summed E-state index contributed by atoms with van der Waals surface area (Å²) in [6.07, 6.45) is 0.404. The van der Waals surface area contributed by atoms with Crippen molar-refractivity contribution in [3.8, 4) is 0 Å². The van der Waals surface area contributed by atoms with Gasteiger partial charge in [-0.05, 0) is 25.7 Å². The Morgan fingerprint density at radius 2 is 1.60 bits per heavy atom. The molecule has 0 aliphatic carbocycles. The third-order valence-electron chi connectivity index (χ3n) is 3.38. The molecule has 0 aromatic carbocycles. The van der Waals surface area contributed by atoms with Crippen LogP contribution in [0.5, 0.6) is 0 Å². The Morgan fingerprint density at radius 3 is 2.00 bits per heavy atom.